The van der Waals surface area contributed by atoms with E-state index >= 15 is 0 Å². The van der Waals surface area contributed by atoms with Crippen LogP contribution in [0.1, 0.15) is 84.9 Å². The van der Waals surface area contributed by atoms with Crippen LogP contribution in [0.25, 0.3) is 112 Å². The van der Waals surface area contributed by atoms with Crippen molar-refractivity contribution in [3.05, 3.63) is 311 Å². The highest BCUT2D eigenvalue weighted by Crippen LogP contribution is 2.38. The number of imidazole rings is 2. The lowest BCUT2D eigenvalue weighted by Crippen LogP contribution is -2.43. The maximum Gasteiger partial charge on any atom is 0.270 e. The highest BCUT2D eigenvalue weighted by atomic mass is 35.5. The number of likely N-dealkylation sites (tertiary alicyclic amines) is 2. The van der Waals surface area contributed by atoms with E-state index in [9.17, 15) is 32.3 Å². The van der Waals surface area contributed by atoms with Gasteiger partial charge in [-0.2, -0.15) is 10.2 Å². The van der Waals surface area contributed by atoms with Crippen LogP contribution in [0, 0.1) is 31.3 Å². The van der Waals surface area contributed by atoms with Crippen molar-refractivity contribution in [2.75, 3.05) is 66.6 Å². The molecule has 2 aliphatic rings. The van der Waals surface area contributed by atoms with Gasteiger partial charge in [0.2, 0.25) is 0 Å². The molecule has 18 rings (SSSR count). The third-order valence-corrected chi connectivity index (χ3v) is 22.3. The second-order valence-electron chi connectivity index (χ2n) is 30.3. The Morgan fingerprint density at radius 1 is 0.419 bits per heavy atom. The number of aryl methyl sites for hydroxylation is 2. The lowest BCUT2D eigenvalue weighted by Gasteiger charge is -2.29. The molecule has 16 aromatic rings. The van der Waals surface area contributed by atoms with Gasteiger partial charge in [0.15, 0.2) is 0 Å². The second kappa shape index (κ2) is 39.0. The fourth-order valence-corrected chi connectivity index (χ4v) is 15.4. The summed E-state index contributed by atoms with van der Waals surface area (Å²) in [5.74, 6) is -1.75. The van der Waals surface area contributed by atoms with Crippen LogP contribution in [0.4, 0.5) is 13.2 Å². The number of aliphatic hydroxyl groups excluding tert-OH is 2. The number of hydrogen-bond acceptors (Lipinski definition) is 16. The molecular formula is C95H87Cl2F3N18O6. The van der Waals surface area contributed by atoms with Crippen LogP contribution in [-0.4, -0.2) is 180 Å². The van der Waals surface area contributed by atoms with Gasteiger partial charge in [-0.1, -0.05) is 59.6 Å². The second-order valence-corrected chi connectivity index (χ2v) is 31.1. The summed E-state index contributed by atoms with van der Waals surface area (Å²) in [6, 6.07) is 53.0. The zero-order valence-corrected chi connectivity index (χ0v) is 69.7. The molecular weight excluding hydrogens is 1620 g/mol. The number of nitrogens with one attached hydrogen (secondary N) is 4. The number of halogens is 5. The fraction of sp³-hybridized carbons (Fsp3) is 0.200. The molecule has 124 heavy (non-hydrogen) atoms. The number of nitrogens with zero attached hydrogens (tertiary/aromatic N) is 14. The molecule has 0 radical (unpaired) electrons. The highest BCUT2D eigenvalue weighted by molar-refractivity contribution is 6.31. The molecule has 14 heterocycles. The third kappa shape index (κ3) is 19.6. The molecule has 0 saturated carbocycles. The Hall–Kier alpha value is -13.7. The quantitative estimate of drug-likeness (QED) is 0.0410. The van der Waals surface area contributed by atoms with E-state index in [0.717, 1.165) is 136 Å². The molecule has 4 aromatic carbocycles. The van der Waals surface area contributed by atoms with Gasteiger partial charge >= 0.3 is 0 Å². The molecule has 29 heteroatoms. The van der Waals surface area contributed by atoms with Crippen molar-refractivity contribution in [3.63, 3.8) is 0 Å². The molecule has 4 amide bonds. The maximum absolute atomic E-state index is 13.7. The summed E-state index contributed by atoms with van der Waals surface area (Å²) in [4.78, 5) is 82.5. The third-order valence-electron chi connectivity index (χ3n) is 21.8. The Morgan fingerprint density at radius 3 is 1.23 bits per heavy atom. The summed E-state index contributed by atoms with van der Waals surface area (Å²) >= 11 is 12.2. The molecule has 0 spiro atoms. The van der Waals surface area contributed by atoms with E-state index < -0.39 is 5.82 Å². The van der Waals surface area contributed by atoms with Gasteiger partial charge in [-0.25, -0.2) is 32.2 Å². The predicted octanol–water partition coefficient (Wildman–Crippen LogP) is 16.1. The van der Waals surface area contributed by atoms with Crippen LogP contribution in [0.5, 0.6) is 0 Å². The van der Waals surface area contributed by atoms with E-state index in [1.807, 2.05) is 138 Å². The first-order valence-corrected chi connectivity index (χ1v) is 41.2. The summed E-state index contributed by atoms with van der Waals surface area (Å²) in [7, 11) is 4.21. The molecule has 2 fully saturated rings. The topological polar surface area (TPSA) is 284 Å². The number of carbonyl (C=O) groups is 4. The van der Waals surface area contributed by atoms with Crippen molar-refractivity contribution in [2.24, 2.45) is 0 Å². The summed E-state index contributed by atoms with van der Waals surface area (Å²) in [6.45, 7) is 7.83. The van der Waals surface area contributed by atoms with Crippen molar-refractivity contribution < 1.29 is 42.6 Å². The number of rotatable bonds is 19. The van der Waals surface area contributed by atoms with Gasteiger partial charge in [-0.3, -0.25) is 47.9 Å². The number of piperidine rings is 2. The van der Waals surface area contributed by atoms with Gasteiger partial charge in [-0.15, -0.1) is 0 Å². The molecule has 0 bridgehead atoms. The zero-order chi connectivity index (χ0) is 86.5. The van der Waals surface area contributed by atoms with Crippen LogP contribution in [0.3, 0.4) is 0 Å². The Balaban J connectivity index is 0.000000128. The van der Waals surface area contributed by atoms with Gasteiger partial charge in [-0.05, 0) is 248 Å². The first kappa shape index (κ1) is 85.3. The SMILES string of the molecule is CN1CCC(NC(=O)c2cnc3ccc(-c4cccnc4-c4ccc(F)c(Cl)c4)cn23)CC1.CN1CCC(NC(=O)c2cnc3ccc(-c4cccnc4-c4cccc(Cl)c4)cn23)CC1.Cc1cc(-c2ncccc2-c2ccn3ncc(C(=O)NCCCO)c3c2)ccc1F.Cc1cc(-c2ncccc2-c2ccn3ncc(C(=O)NCCO)c3c2)ccc1F. The van der Waals surface area contributed by atoms with Crippen molar-refractivity contribution in [1.82, 2.24) is 89.0 Å². The average Bonchev–Trinajstić information content (AvgIpc) is 1.54. The van der Waals surface area contributed by atoms with Crippen LogP contribution in [0.2, 0.25) is 10.0 Å². The van der Waals surface area contributed by atoms with E-state index in [1.54, 1.807) is 113 Å². The molecule has 0 aliphatic carbocycles. The van der Waals surface area contributed by atoms with Gasteiger partial charge < -0.3 is 41.3 Å². The number of aliphatic hydroxyl groups is 2. The molecule has 6 N–H and O–H groups in total. The molecule has 0 atom stereocenters. The molecule has 12 aromatic heterocycles. The van der Waals surface area contributed by atoms with Crippen LogP contribution >= 0.6 is 23.2 Å². The smallest absolute Gasteiger partial charge is 0.270 e. The molecule has 628 valence electrons. The largest absolute Gasteiger partial charge is 0.396 e. The van der Waals surface area contributed by atoms with Gasteiger partial charge in [0.1, 0.15) is 40.1 Å². The normalized spacial score (nSPS) is 13.2. The fourth-order valence-electron chi connectivity index (χ4n) is 15.1. The molecule has 2 aliphatic heterocycles. The molecule has 0 unspecified atom stereocenters. The van der Waals surface area contributed by atoms with E-state index in [-0.39, 0.29) is 72.1 Å². The van der Waals surface area contributed by atoms with Crippen molar-refractivity contribution >= 4 is 69.2 Å². The standard InChI is InChI=1S/C25H23ClFN5O.C25H24ClN5O.C23H21FN4O2.C22H19FN4O2/c1-31-11-8-18(9-12-31)30-25(33)22-14-29-23-7-5-17(15-32(22)23)19-3-2-10-28-24(19)16-4-6-21(27)20(26)13-16;1-30-12-9-20(10-13-30)29-25(32)22-15-28-23-8-7-18(16-31(22)23)21-6-3-11-27-24(21)17-4-2-5-19(26)14-17;1-15-12-17(5-6-20(15)24)22-18(4-2-8-25-22)16-7-10-28-21(13-16)19(14-27-28)23(30)26-9-3-11-29;1-14-11-16(4-5-19(14)23)21-17(3-2-7-24-21)15-6-9-27-20(12-15)18(13-26-27)22(29)25-8-10-28/h2-7,10,13-15,18H,8-9,11-12H2,1H3,(H,30,33);2-8,11,14-16,20H,9-10,12-13H2,1H3,(H,29,32);2,4-8,10,12-14,29H,3,9,11H2,1H3,(H,26,30);2-7,9,11-13,28H,8,10H2,1H3,(H,25,29). The van der Waals surface area contributed by atoms with Crippen LogP contribution in [-0.2, 0) is 0 Å². The van der Waals surface area contributed by atoms with Crippen molar-refractivity contribution in [2.45, 2.75) is 58.0 Å². The molecule has 2 saturated heterocycles. The summed E-state index contributed by atoms with van der Waals surface area (Å²) in [6.07, 6.45) is 24.8. The predicted molar refractivity (Wildman–Crippen MR) is 474 cm³/mol. The number of fused-ring (bicyclic) bond motifs is 4. The average molecular weight is 1700 g/mol. The number of pyridine rings is 8. The van der Waals surface area contributed by atoms with Gasteiger partial charge in [0.25, 0.3) is 23.6 Å². The Morgan fingerprint density at radius 2 is 0.823 bits per heavy atom. The van der Waals surface area contributed by atoms with Crippen molar-refractivity contribution in [1.29, 1.82) is 0 Å². The monoisotopic (exact) mass is 1700 g/mol. The van der Waals surface area contributed by atoms with E-state index in [1.165, 1.54) is 30.6 Å². The zero-order valence-electron chi connectivity index (χ0n) is 68.2. The van der Waals surface area contributed by atoms with Crippen LogP contribution < -0.4 is 21.3 Å². The van der Waals surface area contributed by atoms with E-state index in [4.69, 9.17) is 33.4 Å². The number of carbonyl (C=O) groups excluding carboxylic acids is 4. The molecule has 24 nitrogen and oxygen atoms in total. The maximum atomic E-state index is 13.7. The lowest BCUT2D eigenvalue weighted by atomic mass is 9.98. The summed E-state index contributed by atoms with van der Waals surface area (Å²) in [5.41, 5.74) is 19.1. The minimum absolute atomic E-state index is 0.0197. The summed E-state index contributed by atoms with van der Waals surface area (Å²) in [5, 5.41) is 38.8. The van der Waals surface area contributed by atoms with E-state index in [0.29, 0.717) is 79.6 Å². The minimum atomic E-state index is -0.474. The van der Waals surface area contributed by atoms with E-state index in [2.05, 4.69) is 85.3 Å². The highest BCUT2D eigenvalue weighted by Gasteiger charge is 2.26. The minimum Gasteiger partial charge on any atom is -0.396 e. The lowest BCUT2D eigenvalue weighted by molar-refractivity contribution is 0.0902. The summed E-state index contributed by atoms with van der Waals surface area (Å²) < 4.78 is 48.0. The number of hydrogen-bond donors (Lipinski definition) is 6. The number of aromatic nitrogens is 12. The first-order valence-electron chi connectivity index (χ1n) is 40.5. The van der Waals surface area contributed by atoms with Crippen molar-refractivity contribution in [3.8, 4) is 89.5 Å². The first-order chi connectivity index (χ1) is 60.2. The van der Waals surface area contributed by atoms with Gasteiger partial charge in [0.05, 0.1) is 81.4 Å². The number of benzene rings is 4. The Kier molecular flexibility index (Phi) is 26.8. The number of amides is 4. The van der Waals surface area contributed by atoms with Gasteiger partial charge in [0, 0.05) is 142 Å². The Labute approximate surface area is 722 Å². The van der Waals surface area contributed by atoms with Crippen LogP contribution in [0.15, 0.2) is 250 Å². The Bertz CT molecular complexity index is 6600.